The Hall–Kier alpha value is -2.32. The maximum absolute atomic E-state index is 12.3. The number of hydrogen-bond donors (Lipinski definition) is 2. The third kappa shape index (κ3) is 5.23. The second-order valence-corrected chi connectivity index (χ2v) is 4.49. The number of nitrogens with zero attached hydrogens (tertiary/aromatic N) is 4. The first-order valence-electron chi connectivity index (χ1n) is 6.46. The number of nitrogens with one attached hydrogen (secondary N) is 1. The van der Waals surface area contributed by atoms with Gasteiger partial charge in [-0.15, -0.1) is 17.5 Å². The van der Waals surface area contributed by atoms with Crippen molar-refractivity contribution in [1.29, 1.82) is 0 Å². The molecule has 0 aliphatic heterocycles. The van der Waals surface area contributed by atoms with Crippen molar-refractivity contribution in [3.8, 4) is 0 Å². The minimum atomic E-state index is -0.660. The number of nitrogens with two attached hydrogens (primary N) is 1. The fourth-order valence-electron chi connectivity index (χ4n) is 1.87. The Labute approximate surface area is 133 Å². The van der Waals surface area contributed by atoms with E-state index < -0.39 is 6.04 Å². The predicted molar refractivity (Wildman–Crippen MR) is 81.2 cm³/mol. The molecule has 118 valence electrons. The number of amides is 1. The zero-order chi connectivity index (χ0) is 15.1. The minimum absolute atomic E-state index is 0. The summed E-state index contributed by atoms with van der Waals surface area (Å²) < 4.78 is 1.31. The lowest BCUT2D eigenvalue weighted by Crippen LogP contribution is -2.46. The Balaban J connectivity index is 0.00000242. The lowest BCUT2D eigenvalue weighted by atomic mass is 10.0. The third-order valence-corrected chi connectivity index (χ3v) is 2.90. The fraction of sp³-hybridized carbons (Fsp3) is 0.308. The number of tetrazole rings is 1. The molecule has 22 heavy (non-hydrogen) atoms. The molecule has 1 unspecified atom stereocenters. The fourth-order valence-corrected chi connectivity index (χ4v) is 1.87. The van der Waals surface area contributed by atoms with Gasteiger partial charge in [-0.25, -0.2) is 4.68 Å². The number of hydrogen-bond acceptors (Lipinski definition) is 6. The van der Waals surface area contributed by atoms with E-state index in [1.807, 2.05) is 30.3 Å². The van der Waals surface area contributed by atoms with Gasteiger partial charge in [0.05, 0.1) is 12.6 Å². The molecule has 1 aromatic carbocycles. The number of ketones is 1. The summed E-state index contributed by atoms with van der Waals surface area (Å²) >= 11 is 0. The molecule has 0 aliphatic rings. The van der Waals surface area contributed by atoms with Crippen LogP contribution in [-0.4, -0.2) is 44.5 Å². The van der Waals surface area contributed by atoms with Gasteiger partial charge in [-0.2, -0.15) is 0 Å². The van der Waals surface area contributed by atoms with Gasteiger partial charge < -0.3 is 11.1 Å². The number of carbonyl (C=O) groups excluding carboxylic acids is 2. The first-order valence-corrected chi connectivity index (χ1v) is 6.46. The van der Waals surface area contributed by atoms with Gasteiger partial charge in [-0.1, -0.05) is 30.3 Å². The summed E-state index contributed by atoms with van der Waals surface area (Å²) in [6.07, 6.45) is 1.75. The zero-order valence-corrected chi connectivity index (χ0v) is 12.6. The molecule has 9 heteroatoms. The smallest absolute Gasteiger partial charge is 0.234 e. The van der Waals surface area contributed by atoms with Crippen LogP contribution >= 0.6 is 12.4 Å². The van der Waals surface area contributed by atoms with Crippen LogP contribution in [0.4, 0.5) is 0 Å². The zero-order valence-electron chi connectivity index (χ0n) is 11.8. The van der Waals surface area contributed by atoms with E-state index in [1.165, 1.54) is 11.0 Å². The summed E-state index contributed by atoms with van der Waals surface area (Å²) in [5.41, 5.74) is 6.24. The van der Waals surface area contributed by atoms with Gasteiger partial charge in [0.25, 0.3) is 0 Å². The van der Waals surface area contributed by atoms with Crippen molar-refractivity contribution in [2.75, 3.05) is 6.54 Å². The summed E-state index contributed by atoms with van der Waals surface area (Å²) in [5.74, 6) is -0.561. The molecule has 0 saturated carbocycles. The van der Waals surface area contributed by atoms with Crippen molar-refractivity contribution >= 4 is 24.1 Å². The van der Waals surface area contributed by atoms with E-state index in [4.69, 9.17) is 5.73 Å². The van der Waals surface area contributed by atoms with Crippen molar-refractivity contribution in [3.05, 3.63) is 42.2 Å². The van der Waals surface area contributed by atoms with Crippen LogP contribution in [0.5, 0.6) is 0 Å². The lowest BCUT2D eigenvalue weighted by Gasteiger charge is -2.17. The van der Waals surface area contributed by atoms with Crippen LogP contribution in [0.25, 0.3) is 0 Å². The summed E-state index contributed by atoms with van der Waals surface area (Å²) in [6.45, 7) is -0.168. The minimum Gasteiger partial charge on any atom is -0.345 e. The van der Waals surface area contributed by atoms with Gasteiger partial charge in [0.2, 0.25) is 5.91 Å². The topological polar surface area (TPSA) is 116 Å². The Morgan fingerprint density at radius 3 is 2.59 bits per heavy atom. The number of benzene rings is 1. The van der Waals surface area contributed by atoms with E-state index in [2.05, 4.69) is 20.8 Å². The van der Waals surface area contributed by atoms with Crippen molar-refractivity contribution in [1.82, 2.24) is 25.5 Å². The highest BCUT2D eigenvalue weighted by Gasteiger charge is 2.21. The van der Waals surface area contributed by atoms with Gasteiger partial charge in [0, 0.05) is 0 Å². The van der Waals surface area contributed by atoms with Crippen molar-refractivity contribution in [2.45, 2.75) is 19.0 Å². The van der Waals surface area contributed by atoms with E-state index in [-0.39, 0.29) is 37.2 Å². The van der Waals surface area contributed by atoms with Gasteiger partial charge in [-0.3, -0.25) is 9.59 Å². The highest BCUT2D eigenvalue weighted by atomic mass is 35.5. The molecule has 2 aromatic rings. The molecule has 0 aliphatic carbocycles. The molecule has 0 radical (unpaired) electrons. The first kappa shape index (κ1) is 17.7. The molecule has 8 nitrogen and oxygen atoms in total. The quantitative estimate of drug-likeness (QED) is 0.699. The van der Waals surface area contributed by atoms with E-state index in [0.29, 0.717) is 6.42 Å². The average molecular weight is 325 g/mol. The normalized spacial score (nSPS) is 11.3. The highest BCUT2D eigenvalue weighted by Crippen LogP contribution is 2.05. The molecule has 0 fully saturated rings. The van der Waals surface area contributed by atoms with E-state index >= 15 is 0 Å². The highest BCUT2D eigenvalue weighted by molar-refractivity contribution is 5.89. The number of halogens is 1. The van der Waals surface area contributed by atoms with Crippen molar-refractivity contribution < 1.29 is 9.59 Å². The Bertz CT molecular complexity index is 590. The van der Waals surface area contributed by atoms with Crippen molar-refractivity contribution in [2.24, 2.45) is 5.73 Å². The van der Waals surface area contributed by atoms with Crippen LogP contribution in [0, 0.1) is 0 Å². The molecule has 0 spiro atoms. The molecule has 1 amide bonds. The van der Waals surface area contributed by atoms with Gasteiger partial charge in [0.1, 0.15) is 12.9 Å². The molecule has 1 aromatic heterocycles. The number of carbonyl (C=O) groups is 2. The summed E-state index contributed by atoms with van der Waals surface area (Å²) in [5, 5.41) is 13.2. The summed E-state index contributed by atoms with van der Waals surface area (Å²) in [6, 6.07) is 8.77. The molecule has 1 heterocycles. The predicted octanol–water partition coefficient (Wildman–Crippen LogP) is -0.650. The van der Waals surface area contributed by atoms with Crippen LogP contribution in [0.2, 0.25) is 0 Å². The van der Waals surface area contributed by atoms with Crippen LogP contribution in [0.1, 0.15) is 5.56 Å². The van der Waals surface area contributed by atoms with Gasteiger partial charge in [-0.05, 0) is 22.4 Å². The largest absolute Gasteiger partial charge is 0.345 e. The SMILES string of the molecule is Cl.NCC(=O)NC(Cc1ccccc1)C(=O)Cn1cnnn1. The lowest BCUT2D eigenvalue weighted by molar-refractivity contribution is -0.127. The maximum Gasteiger partial charge on any atom is 0.234 e. The summed E-state index contributed by atoms with van der Waals surface area (Å²) in [7, 11) is 0. The molecule has 1 atom stereocenters. The second kappa shape index (κ2) is 8.85. The van der Waals surface area contributed by atoms with Gasteiger partial charge in [0.15, 0.2) is 5.78 Å². The Morgan fingerprint density at radius 1 is 1.27 bits per heavy atom. The second-order valence-electron chi connectivity index (χ2n) is 4.49. The molecule has 3 N–H and O–H groups in total. The standard InChI is InChI=1S/C13H16N6O2.ClH/c14-7-13(21)16-11(6-10-4-2-1-3-5-10)12(20)8-19-9-15-17-18-19;/h1-5,9,11H,6-8,14H2,(H,16,21);1H. The molecule has 0 saturated heterocycles. The Morgan fingerprint density at radius 2 is 2.00 bits per heavy atom. The van der Waals surface area contributed by atoms with Crippen LogP contribution < -0.4 is 11.1 Å². The number of Topliss-reactive ketones (excluding diaryl/α,β-unsaturated/α-hetero) is 1. The van der Waals surface area contributed by atoms with Crippen molar-refractivity contribution in [3.63, 3.8) is 0 Å². The third-order valence-electron chi connectivity index (χ3n) is 2.90. The monoisotopic (exact) mass is 324 g/mol. The van der Waals surface area contributed by atoms with Crippen LogP contribution in [0.3, 0.4) is 0 Å². The number of rotatable bonds is 7. The maximum atomic E-state index is 12.3. The van der Waals surface area contributed by atoms with E-state index in [1.54, 1.807) is 0 Å². The number of aromatic nitrogens is 4. The van der Waals surface area contributed by atoms with Crippen LogP contribution in [-0.2, 0) is 22.6 Å². The molecule has 2 rings (SSSR count). The average Bonchev–Trinajstić information content (AvgIpc) is 3.00. The van der Waals surface area contributed by atoms with E-state index in [0.717, 1.165) is 5.56 Å². The van der Waals surface area contributed by atoms with E-state index in [9.17, 15) is 9.59 Å². The summed E-state index contributed by atoms with van der Waals surface area (Å²) in [4.78, 5) is 23.8. The van der Waals surface area contributed by atoms with Gasteiger partial charge >= 0.3 is 0 Å². The van der Waals surface area contributed by atoms with Crippen LogP contribution in [0.15, 0.2) is 36.7 Å². The first-order chi connectivity index (χ1) is 10.2. The Kier molecular flexibility index (Phi) is 7.14. The molecular formula is C13H17ClN6O2. The molecular weight excluding hydrogens is 308 g/mol. The molecule has 0 bridgehead atoms.